The van der Waals surface area contributed by atoms with Crippen LogP contribution in [0.4, 0.5) is 5.69 Å². The summed E-state index contributed by atoms with van der Waals surface area (Å²) in [5, 5.41) is 0. The van der Waals surface area contributed by atoms with Crippen molar-refractivity contribution < 1.29 is 8.49 Å². The standard InChI is InChI=1S/C12H11NO2S/c14-16(12-9-5-2-6-10-12)15-13-11-7-3-1-4-8-11/h1-10,13H/t16-/m0/s1. The quantitative estimate of drug-likeness (QED) is 0.825. The Morgan fingerprint density at radius 1 is 0.875 bits per heavy atom. The molecule has 1 N–H and O–H groups in total. The largest absolute Gasteiger partial charge is 0.251 e. The summed E-state index contributed by atoms with van der Waals surface area (Å²) in [6.45, 7) is 0. The maximum Gasteiger partial charge on any atom is 0.212 e. The summed E-state index contributed by atoms with van der Waals surface area (Å²) in [6.07, 6.45) is 0. The van der Waals surface area contributed by atoms with E-state index in [0.29, 0.717) is 4.90 Å². The zero-order chi connectivity index (χ0) is 11.2. The molecule has 16 heavy (non-hydrogen) atoms. The lowest BCUT2D eigenvalue weighted by molar-refractivity contribution is 0.436. The van der Waals surface area contributed by atoms with Crippen LogP contribution < -0.4 is 5.48 Å². The SMILES string of the molecule is O=[S@@](ONc1ccccc1)c1ccccc1. The molecule has 0 saturated heterocycles. The molecule has 82 valence electrons. The van der Waals surface area contributed by atoms with Gasteiger partial charge in [-0.2, -0.15) is 4.28 Å². The predicted molar refractivity (Wildman–Crippen MR) is 64.0 cm³/mol. The number of rotatable bonds is 4. The summed E-state index contributed by atoms with van der Waals surface area (Å²) in [7, 11) is 0. The van der Waals surface area contributed by atoms with E-state index in [2.05, 4.69) is 5.48 Å². The van der Waals surface area contributed by atoms with Crippen LogP contribution in [-0.4, -0.2) is 4.21 Å². The molecule has 0 bridgehead atoms. The first-order valence-electron chi connectivity index (χ1n) is 4.81. The maximum atomic E-state index is 11.6. The fourth-order valence-corrected chi connectivity index (χ4v) is 1.82. The van der Waals surface area contributed by atoms with E-state index in [0.717, 1.165) is 5.69 Å². The van der Waals surface area contributed by atoms with Crippen molar-refractivity contribution in [3.8, 4) is 0 Å². The van der Waals surface area contributed by atoms with E-state index in [1.807, 2.05) is 48.5 Å². The van der Waals surface area contributed by atoms with Crippen LogP contribution in [0.1, 0.15) is 0 Å². The van der Waals surface area contributed by atoms with E-state index in [1.165, 1.54) is 0 Å². The van der Waals surface area contributed by atoms with E-state index >= 15 is 0 Å². The summed E-state index contributed by atoms with van der Waals surface area (Å²) in [4.78, 5) is 0.630. The van der Waals surface area contributed by atoms with Crippen molar-refractivity contribution in [2.45, 2.75) is 4.90 Å². The Balaban J connectivity index is 1.95. The molecule has 2 aromatic carbocycles. The van der Waals surface area contributed by atoms with Crippen molar-refractivity contribution in [3.63, 3.8) is 0 Å². The molecule has 4 heteroatoms. The molecule has 1 atom stereocenters. The lowest BCUT2D eigenvalue weighted by atomic mass is 10.3. The van der Waals surface area contributed by atoms with Crippen molar-refractivity contribution in [2.24, 2.45) is 0 Å². The summed E-state index contributed by atoms with van der Waals surface area (Å²) < 4.78 is 16.7. The summed E-state index contributed by atoms with van der Waals surface area (Å²) >= 11 is -1.50. The van der Waals surface area contributed by atoms with Gasteiger partial charge in [-0.15, -0.1) is 0 Å². The van der Waals surface area contributed by atoms with Crippen molar-refractivity contribution in [1.29, 1.82) is 0 Å². The lowest BCUT2D eigenvalue weighted by Gasteiger charge is -2.05. The Kier molecular flexibility index (Phi) is 3.69. The molecule has 0 aliphatic carbocycles. The normalized spacial score (nSPS) is 12.0. The van der Waals surface area contributed by atoms with Gasteiger partial charge in [0.2, 0.25) is 11.1 Å². The first-order chi connectivity index (χ1) is 7.86. The topological polar surface area (TPSA) is 38.3 Å². The molecule has 0 amide bonds. The van der Waals surface area contributed by atoms with Gasteiger partial charge >= 0.3 is 0 Å². The number of para-hydroxylation sites is 1. The molecular weight excluding hydrogens is 222 g/mol. The summed E-state index contributed by atoms with van der Waals surface area (Å²) in [6, 6.07) is 18.3. The molecule has 2 rings (SSSR count). The number of hydrogen-bond acceptors (Lipinski definition) is 3. The van der Waals surface area contributed by atoms with E-state index in [-0.39, 0.29) is 0 Å². The monoisotopic (exact) mass is 233 g/mol. The highest BCUT2D eigenvalue weighted by Crippen LogP contribution is 2.10. The Morgan fingerprint density at radius 2 is 1.44 bits per heavy atom. The Bertz CT molecular complexity index is 459. The van der Waals surface area contributed by atoms with Gasteiger partial charge < -0.3 is 0 Å². The highest BCUT2D eigenvalue weighted by atomic mass is 32.2. The van der Waals surface area contributed by atoms with Gasteiger partial charge in [-0.1, -0.05) is 36.4 Å². The molecule has 0 saturated carbocycles. The molecular formula is C12H11NO2S. The summed E-state index contributed by atoms with van der Waals surface area (Å²) in [5.74, 6) is 0. The first kappa shape index (κ1) is 10.9. The number of hydrogen-bond donors (Lipinski definition) is 1. The molecule has 0 aliphatic rings. The number of benzene rings is 2. The van der Waals surface area contributed by atoms with Crippen molar-refractivity contribution >= 4 is 16.8 Å². The van der Waals surface area contributed by atoms with Crippen molar-refractivity contribution in [1.82, 2.24) is 0 Å². The molecule has 0 aliphatic heterocycles. The third-order valence-electron chi connectivity index (χ3n) is 1.94. The van der Waals surface area contributed by atoms with Crippen LogP contribution in [-0.2, 0) is 15.4 Å². The Labute approximate surface area is 96.7 Å². The third kappa shape index (κ3) is 2.92. The fraction of sp³-hybridized carbons (Fsp3) is 0. The van der Waals surface area contributed by atoms with Gasteiger partial charge in [-0.3, -0.25) is 5.48 Å². The Morgan fingerprint density at radius 3 is 2.06 bits per heavy atom. The third-order valence-corrected chi connectivity index (χ3v) is 2.84. The zero-order valence-corrected chi connectivity index (χ0v) is 9.31. The molecule has 0 fully saturated rings. The van der Waals surface area contributed by atoms with E-state index in [9.17, 15) is 4.21 Å². The highest BCUT2D eigenvalue weighted by molar-refractivity contribution is 7.80. The molecule has 0 spiro atoms. The smallest absolute Gasteiger partial charge is 0.212 e. The summed E-state index contributed by atoms with van der Waals surface area (Å²) in [5.41, 5.74) is 3.41. The lowest BCUT2D eigenvalue weighted by Crippen LogP contribution is -2.04. The average Bonchev–Trinajstić information content (AvgIpc) is 2.38. The van der Waals surface area contributed by atoms with Crippen LogP contribution in [0, 0.1) is 0 Å². The van der Waals surface area contributed by atoms with Crippen molar-refractivity contribution in [3.05, 3.63) is 60.7 Å². The highest BCUT2D eigenvalue weighted by Gasteiger charge is 2.03. The zero-order valence-electron chi connectivity index (χ0n) is 8.50. The van der Waals surface area contributed by atoms with Gasteiger partial charge in [-0.05, 0) is 24.3 Å². The molecule has 2 aromatic rings. The minimum atomic E-state index is -1.50. The van der Waals surface area contributed by atoms with Crippen LogP contribution in [0.5, 0.6) is 0 Å². The second-order valence-electron chi connectivity index (χ2n) is 3.10. The Hall–Kier alpha value is -1.65. The van der Waals surface area contributed by atoms with E-state index < -0.39 is 11.1 Å². The predicted octanol–water partition coefficient (Wildman–Crippen LogP) is 2.75. The van der Waals surface area contributed by atoms with E-state index in [4.69, 9.17) is 4.28 Å². The van der Waals surface area contributed by atoms with Gasteiger partial charge in [0.05, 0.1) is 10.6 Å². The van der Waals surface area contributed by atoms with Crippen molar-refractivity contribution in [2.75, 3.05) is 5.48 Å². The minimum absolute atomic E-state index is 0.630. The van der Waals surface area contributed by atoms with Crippen LogP contribution in [0.2, 0.25) is 0 Å². The average molecular weight is 233 g/mol. The number of nitrogens with one attached hydrogen (secondary N) is 1. The number of anilines is 1. The molecule has 3 nitrogen and oxygen atoms in total. The molecule has 0 unspecified atom stereocenters. The van der Waals surface area contributed by atoms with Gasteiger partial charge in [0.15, 0.2) is 0 Å². The maximum absolute atomic E-state index is 11.6. The van der Waals surface area contributed by atoms with Crippen LogP contribution in [0.3, 0.4) is 0 Å². The molecule has 0 radical (unpaired) electrons. The second-order valence-corrected chi connectivity index (χ2v) is 4.21. The second kappa shape index (κ2) is 5.44. The van der Waals surface area contributed by atoms with Gasteiger partial charge in [0.1, 0.15) is 0 Å². The van der Waals surface area contributed by atoms with Gasteiger partial charge in [0.25, 0.3) is 0 Å². The molecule has 0 aromatic heterocycles. The fourth-order valence-electron chi connectivity index (χ4n) is 1.17. The minimum Gasteiger partial charge on any atom is -0.251 e. The van der Waals surface area contributed by atoms with Crippen LogP contribution >= 0.6 is 0 Å². The molecule has 0 heterocycles. The van der Waals surface area contributed by atoms with Crippen LogP contribution in [0.25, 0.3) is 0 Å². The van der Waals surface area contributed by atoms with Crippen LogP contribution in [0.15, 0.2) is 65.6 Å². The van der Waals surface area contributed by atoms with Gasteiger partial charge in [0, 0.05) is 0 Å². The van der Waals surface area contributed by atoms with Gasteiger partial charge in [-0.25, -0.2) is 4.21 Å². The first-order valence-corrected chi connectivity index (χ1v) is 5.89. The van der Waals surface area contributed by atoms with E-state index in [1.54, 1.807) is 12.1 Å².